The van der Waals surface area contributed by atoms with Crippen molar-refractivity contribution in [3.05, 3.63) is 42.4 Å². The first-order valence-corrected chi connectivity index (χ1v) is 15.7. The van der Waals surface area contributed by atoms with Gasteiger partial charge in [0.2, 0.25) is 5.91 Å². The lowest BCUT2D eigenvalue weighted by molar-refractivity contribution is -0.124. The summed E-state index contributed by atoms with van der Waals surface area (Å²) in [5.41, 5.74) is 2.78. The standard InChI is InChI=1S/C33H46N8O2/c1-6-43-28-18-29(32-27(19-34)21-36-41(32)22-28)26-7-8-30(35-20-26)40-13-10-33(11-14-40,37-31(42)17-24(2)3)23-39-12-9-25(4)38(5)15-16-39/h7-8,18,20-22,24-25H,6,9-17,23H2,1-5H3,(H,37,42)/t25-/m0/s1. The number of hydrogen-bond donors (Lipinski definition) is 1. The zero-order valence-corrected chi connectivity index (χ0v) is 26.3. The fourth-order valence-corrected chi connectivity index (χ4v) is 6.39. The number of amides is 1. The molecule has 2 aliphatic heterocycles. The lowest BCUT2D eigenvalue weighted by Gasteiger charge is -2.45. The molecule has 1 atom stereocenters. The minimum atomic E-state index is -0.240. The SMILES string of the molecule is CCOc1cc(-c2ccc(N3CCC(CN4CC[C@H](C)N(C)CC4)(NC(=O)CC(C)C)CC3)nc2)c2c(C#N)cnn2c1. The van der Waals surface area contributed by atoms with Crippen molar-refractivity contribution in [3.63, 3.8) is 0 Å². The first-order chi connectivity index (χ1) is 20.7. The smallest absolute Gasteiger partial charge is 0.220 e. The van der Waals surface area contributed by atoms with E-state index in [2.05, 4.69) is 71.1 Å². The van der Waals surface area contributed by atoms with Gasteiger partial charge in [0, 0.05) is 62.5 Å². The Labute approximate surface area is 255 Å². The van der Waals surface area contributed by atoms with Gasteiger partial charge in [-0.3, -0.25) is 9.69 Å². The molecular weight excluding hydrogens is 540 g/mol. The van der Waals surface area contributed by atoms with Crippen molar-refractivity contribution in [1.29, 1.82) is 5.26 Å². The molecular formula is C33H46N8O2. The molecule has 0 bridgehead atoms. The van der Waals surface area contributed by atoms with Crippen LogP contribution in [-0.4, -0.2) is 94.8 Å². The van der Waals surface area contributed by atoms with Crippen molar-refractivity contribution < 1.29 is 9.53 Å². The summed E-state index contributed by atoms with van der Waals surface area (Å²) in [5.74, 6) is 2.10. The van der Waals surface area contributed by atoms with Gasteiger partial charge in [-0.05, 0) is 70.8 Å². The average molecular weight is 587 g/mol. The Morgan fingerprint density at radius 3 is 2.65 bits per heavy atom. The van der Waals surface area contributed by atoms with Gasteiger partial charge < -0.3 is 19.9 Å². The van der Waals surface area contributed by atoms with Gasteiger partial charge in [-0.1, -0.05) is 13.8 Å². The zero-order valence-electron chi connectivity index (χ0n) is 26.3. The van der Waals surface area contributed by atoms with E-state index >= 15 is 0 Å². The maximum absolute atomic E-state index is 13.0. The fourth-order valence-electron chi connectivity index (χ4n) is 6.39. The molecule has 5 heterocycles. The highest BCUT2D eigenvalue weighted by Gasteiger charge is 2.38. The zero-order chi connectivity index (χ0) is 30.6. The number of likely N-dealkylation sites (N-methyl/N-ethyl adjacent to an activating group) is 1. The third-order valence-electron chi connectivity index (χ3n) is 9.03. The molecule has 3 aromatic heterocycles. The Bertz CT molecular complexity index is 1420. The quantitative estimate of drug-likeness (QED) is 0.398. The van der Waals surface area contributed by atoms with Gasteiger partial charge in [0.25, 0.3) is 0 Å². The number of nitrogens with one attached hydrogen (secondary N) is 1. The Kier molecular flexibility index (Phi) is 9.52. The van der Waals surface area contributed by atoms with Crippen molar-refractivity contribution in [1.82, 2.24) is 29.7 Å². The largest absolute Gasteiger partial charge is 0.492 e. The molecule has 10 heteroatoms. The average Bonchev–Trinajstić information content (AvgIpc) is 3.34. The summed E-state index contributed by atoms with van der Waals surface area (Å²) in [6.07, 6.45) is 8.70. The van der Waals surface area contributed by atoms with Crippen LogP contribution in [0, 0.1) is 17.2 Å². The van der Waals surface area contributed by atoms with Crippen LogP contribution in [0.15, 0.2) is 36.8 Å². The minimum absolute atomic E-state index is 0.156. The first-order valence-electron chi connectivity index (χ1n) is 15.7. The van der Waals surface area contributed by atoms with Crippen LogP contribution in [0.25, 0.3) is 16.6 Å². The maximum atomic E-state index is 13.0. The first kappa shape index (κ1) is 30.8. The van der Waals surface area contributed by atoms with Crippen LogP contribution in [0.5, 0.6) is 5.75 Å². The molecule has 2 aliphatic rings. The van der Waals surface area contributed by atoms with Crippen molar-refractivity contribution in [2.75, 3.05) is 57.8 Å². The van der Waals surface area contributed by atoms with Gasteiger partial charge in [0.1, 0.15) is 17.6 Å². The number of anilines is 1. The molecule has 0 aromatic carbocycles. The lowest BCUT2D eigenvalue weighted by Crippen LogP contribution is -2.61. The van der Waals surface area contributed by atoms with E-state index in [1.165, 1.54) is 0 Å². The van der Waals surface area contributed by atoms with E-state index in [1.54, 1.807) is 16.9 Å². The molecule has 0 aliphatic carbocycles. The number of ether oxygens (including phenoxy) is 1. The second kappa shape index (κ2) is 13.3. The Hall–Kier alpha value is -3.68. The molecule has 1 amide bonds. The van der Waals surface area contributed by atoms with E-state index in [9.17, 15) is 10.1 Å². The second-order valence-corrected chi connectivity index (χ2v) is 12.7. The molecule has 0 saturated carbocycles. The number of hydrogen-bond acceptors (Lipinski definition) is 8. The monoisotopic (exact) mass is 586 g/mol. The van der Waals surface area contributed by atoms with Crippen LogP contribution < -0.4 is 15.0 Å². The summed E-state index contributed by atoms with van der Waals surface area (Å²) in [6, 6.07) is 8.89. The van der Waals surface area contributed by atoms with Crippen LogP contribution in [0.3, 0.4) is 0 Å². The van der Waals surface area contributed by atoms with Crippen molar-refractivity contribution in [2.24, 2.45) is 5.92 Å². The molecule has 3 aromatic rings. The molecule has 230 valence electrons. The highest BCUT2D eigenvalue weighted by molar-refractivity contribution is 5.85. The fraction of sp³-hybridized carbons (Fsp3) is 0.576. The van der Waals surface area contributed by atoms with Crippen LogP contribution in [0.2, 0.25) is 0 Å². The Balaban J connectivity index is 1.33. The molecule has 5 rings (SSSR count). The van der Waals surface area contributed by atoms with E-state index < -0.39 is 0 Å². The van der Waals surface area contributed by atoms with Gasteiger partial charge >= 0.3 is 0 Å². The highest BCUT2D eigenvalue weighted by atomic mass is 16.5. The second-order valence-electron chi connectivity index (χ2n) is 12.7. The van der Waals surface area contributed by atoms with E-state index in [0.717, 1.165) is 81.0 Å². The number of nitrogens with zero attached hydrogens (tertiary/aromatic N) is 7. The summed E-state index contributed by atoms with van der Waals surface area (Å²) in [6.45, 7) is 14.6. The normalized spacial score (nSPS) is 19.7. The Morgan fingerprint density at radius 2 is 1.98 bits per heavy atom. The number of pyridine rings is 2. The highest BCUT2D eigenvalue weighted by Crippen LogP contribution is 2.33. The predicted octanol–water partition coefficient (Wildman–Crippen LogP) is 4.19. The summed E-state index contributed by atoms with van der Waals surface area (Å²) in [7, 11) is 2.21. The van der Waals surface area contributed by atoms with Gasteiger partial charge in [-0.15, -0.1) is 0 Å². The van der Waals surface area contributed by atoms with Crippen molar-refractivity contribution >= 4 is 17.2 Å². The number of fused-ring (bicyclic) bond motifs is 1. The van der Waals surface area contributed by atoms with E-state index in [0.29, 0.717) is 36.3 Å². The molecule has 0 radical (unpaired) electrons. The van der Waals surface area contributed by atoms with Crippen LogP contribution in [-0.2, 0) is 4.79 Å². The van der Waals surface area contributed by atoms with Gasteiger partial charge in [0.15, 0.2) is 0 Å². The number of nitriles is 1. The number of carbonyl (C=O) groups is 1. The summed E-state index contributed by atoms with van der Waals surface area (Å²) in [4.78, 5) is 25.2. The number of rotatable bonds is 9. The van der Waals surface area contributed by atoms with E-state index in [1.807, 2.05) is 19.2 Å². The number of carbonyl (C=O) groups excluding carboxylic acids is 1. The van der Waals surface area contributed by atoms with E-state index in [4.69, 9.17) is 9.72 Å². The number of aromatic nitrogens is 3. The van der Waals surface area contributed by atoms with E-state index in [-0.39, 0.29) is 11.4 Å². The van der Waals surface area contributed by atoms with Crippen molar-refractivity contribution in [2.45, 2.75) is 65.0 Å². The predicted molar refractivity (Wildman–Crippen MR) is 169 cm³/mol. The van der Waals surface area contributed by atoms with Gasteiger partial charge in [-0.2, -0.15) is 10.4 Å². The maximum Gasteiger partial charge on any atom is 0.220 e. The van der Waals surface area contributed by atoms with Gasteiger partial charge in [-0.25, -0.2) is 9.50 Å². The molecule has 2 saturated heterocycles. The molecule has 0 unspecified atom stereocenters. The van der Waals surface area contributed by atoms with Crippen LogP contribution in [0.1, 0.15) is 58.9 Å². The summed E-state index contributed by atoms with van der Waals surface area (Å²) < 4.78 is 7.47. The topological polar surface area (TPSA) is 102 Å². The minimum Gasteiger partial charge on any atom is -0.492 e. The van der Waals surface area contributed by atoms with Crippen LogP contribution >= 0.6 is 0 Å². The van der Waals surface area contributed by atoms with Crippen molar-refractivity contribution in [3.8, 4) is 22.9 Å². The molecule has 0 spiro atoms. The molecule has 43 heavy (non-hydrogen) atoms. The third-order valence-corrected chi connectivity index (χ3v) is 9.03. The lowest BCUT2D eigenvalue weighted by atomic mass is 9.86. The molecule has 1 N–H and O–H groups in total. The summed E-state index contributed by atoms with van der Waals surface area (Å²) in [5, 5.41) is 17.5. The number of piperidine rings is 1. The van der Waals surface area contributed by atoms with Gasteiger partial charge in [0.05, 0.1) is 35.6 Å². The summed E-state index contributed by atoms with van der Waals surface area (Å²) >= 11 is 0. The van der Waals surface area contributed by atoms with Crippen LogP contribution in [0.4, 0.5) is 5.82 Å². The molecule has 10 nitrogen and oxygen atoms in total. The molecule has 2 fully saturated rings. The third kappa shape index (κ3) is 7.11. The Morgan fingerprint density at radius 1 is 1.19 bits per heavy atom.